The number of halogens is 1. The number of hydrogen-bond donors (Lipinski definition) is 1. The molecule has 0 spiro atoms. The molecular weight excluding hydrogens is 382 g/mol. The topological polar surface area (TPSA) is 47.6 Å². The largest absolute Gasteiger partial charge is 0.497 e. The van der Waals surface area contributed by atoms with E-state index in [9.17, 15) is 4.79 Å². The second kappa shape index (κ2) is 8.03. The monoisotopic (exact) mass is 399 g/mol. The molecule has 0 aromatic heterocycles. The molecule has 3 aromatic carbocycles. The maximum Gasteiger partial charge on any atom is 0.258 e. The molecule has 0 saturated heterocycles. The lowest BCUT2D eigenvalue weighted by molar-refractivity contribution is -0.123. The van der Waals surface area contributed by atoms with E-state index in [2.05, 4.69) is 21.2 Å². The standard InChI is InChI=1S/C20H18BrNO3/c1-24-16-7-4-5-14(11-16)12-22-19(23)13-25-18-10-9-15-6-2-3-8-17(15)20(18)21/h2-11H,12-13H2,1H3,(H,22,23). The Morgan fingerprint density at radius 3 is 2.76 bits per heavy atom. The highest BCUT2D eigenvalue weighted by Gasteiger charge is 2.08. The zero-order valence-corrected chi connectivity index (χ0v) is 15.4. The van der Waals surface area contributed by atoms with Gasteiger partial charge in [-0.15, -0.1) is 0 Å². The number of carbonyl (C=O) groups is 1. The minimum absolute atomic E-state index is 0.0408. The van der Waals surface area contributed by atoms with Crippen LogP contribution in [-0.2, 0) is 11.3 Å². The van der Waals surface area contributed by atoms with Crippen LogP contribution in [-0.4, -0.2) is 19.6 Å². The highest BCUT2D eigenvalue weighted by atomic mass is 79.9. The lowest BCUT2D eigenvalue weighted by atomic mass is 10.1. The van der Waals surface area contributed by atoms with Crippen molar-refractivity contribution in [2.45, 2.75) is 6.54 Å². The molecule has 3 aromatic rings. The number of benzene rings is 3. The van der Waals surface area contributed by atoms with Crippen LogP contribution in [0.5, 0.6) is 11.5 Å². The molecule has 0 unspecified atom stereocenters. The molecule has 1 amide bonds. The van der Waals surface area contributed by atoms with E-state index in [0.29, 0.717) is 12.3 Å². The fourth-order valence-corrected chi connectivity index (χ4v) is 3.11. The molecule has 0 radical (unpaired) electrons. The third-order valence-electron chi connectivity index (χ3n) is 3.81. The van der Waals surface area contributed by atoms with E-state index in [-0.39, 0.29) is 12.5 Å². The number of nitrogens with one attached hydrogen (secondary N) is 1. The summed E-state index contributed by atoms with van der Waals surface area (Å²) < 4.78 is 11.7. The Morgan fingerprint density at radius 2 is 1.92 bits per heavy atom. The Morgan fingerprint density at radius 1 is 1.08 bits per heavy atom. The first kappa shape index (κ1) is 17.3. The van der Waals surface area contributed by atoms with Gasteiger partial charge in [-0.05, 0) is 50.5 Å². The first-order valence-electron chi connectivity index (χ1n) is 7.87. The van der Waals surface area contributed by atoms with Gasteiger partial charge in [-0.1, -0.05) is 42.5 Å². The predicted molar refractivity (Wildman–Crippen MR) is 102 cm³/mol. The van der Waals surface area contributed by atoms with E-state index in [1.165, 1.54) is 0 Å². The zero-order valence-electron chi connectivity index (χ0n) is 13.8. The highest BCUT2D eigenvalue weighted by Crippen LogP contribution is 2.32. The van der Waals surface area contributed by atoms with E-state index in [0.717, 1.165) is 26.6 Å². The Labute approximate surface area is 154 Å². The van der Waals surface area contributed by atoms with Crippen LogP contribution in [0.25, 0.3) is 10.8 Å². The van der Waals surface area contributed by atoms with Gasteiger partial charge in [-0.3, -0.25) is 4.79 Å². The number of carbonyl (C=O) groups excluding carboxylic acids is 1. The van der Waals surface area contributed by atoms with E-state index >= 15 is 0 Å². The number of hydrogen-bond acceptors (Lipinski definition) is 3. The lowest BCUT2D eigenvalue weighted by Crippen LogP contribution is -2.28. The van der Waals surface area contributed by atoms with Crippen molar-refractivity contribution in [2.24, 2.45) is 0 Å². The Hall–Kier alpha value is -2.53. The van der Waals surface area contributed by atoms with Crippen LogP contribution in [0.4, 0.5) is 0 Å². The summed E-state index contributed by atoms with van der Waals surface area (Å²) >= 11 is 3.55. The molecule has 5 heteroatoms. The van der Waals surface area contributed by atoms with Crippen molar-refractivity contribution in [1.29, 1.82) is 0 Å². The maximum atomic E-state index is 12.0. The van der Waals surface area contributed by atoms with Gasteiger partial charge in [0.15, 0.2) is 6.61 Å². The van der Waals surface area contributed by atoms with Crippen molar-refractivity contribution in [1.82, 2.24) is 5.32 Å². The van der Waals surface area contributed by atoms with Gasteiger partial charge in [0, 0.05) is 6.54 Å². The molecular formula is C20H18BrNO3. The summed E-state index contributed by atoms with van der Waals surface area (Å²) in [5.74, 6) is 1.24. The van der Waals surface area contributed by atoms with Crippen LogP contribution in [0.2, 0.25) is 0 Å². The third-order valence-corrected chi connectivity index (χ3v) is 4.63. The quantitative estimate of drug-likeness (QED) is 0.671. The molecule has 128 valence electrons. The number of rotatable bonds is 6. The zero-order chi connectivity index (χ0) is 17.6. The smallest absolute Gasteiger partial charge is 0.258 e. The van der Waals surface area contributed by atoms with Crippen LogP contribution in [0.3, 0.4) is 0 Å². The summed E-state index contributed by atoms with van der Waals surface area (Å²) in [6.45, 7) is 0.388. The van der Waals surface area contributed by atoms with Crippen molar-refractivity contribution in [3.8, 4) is 11.5 Å². The summed E-state index contributed by atoms with van der Waals surface area (Å²) in [6, 6.07) is 19.4. The summed E-state index contributed by atoms with van der Waals surface area (Å²) in [4.78, 5) is 12.0. The fourth-order valence-electron chi connectivity index (χ4n) is 2.50. The molecule has 1 N–H and O–H groups in total. The normalized spacial score (nSPS) is 10.5. The Bertz CT molecular complexity index is 895. The minimum Gasteiger partial charge on any atom is -0.497 e. The maximum absolute atomic E-state index is 12.0. The molecule has 0 heterocycles. The Balaban J connectivity index is 1.58. The minimum atomic E-state index is -0.178. The van der Waals surface area contributed by atoms with Gasteiger partial charge in [0.2, 0.25) is 0 Å². The number of methoxy groups -OCH3 is 1. The van der Waals surface area contributed by atoms with Gasteiger partial charge in [-0.2, -0.15) is 0 Å². The summed E-state index contributed by atoms with van der Waals surface area (Å²) in [6.07, 6.45) is 0. The SMILES string of the molecule is COc1cccc(CNC(=O)COc2ccc3ccccc3c2Br)c1. The van der Waals surface area contributed by atoms with Crippen LogP contribution < -0.4 is 14.8 Å². The molecule has 0 atom stereocenters. The number of fused-ring (bicyclic) bond motifs is 1. The van der Waals surface area contributed by atoms with Gasteiger partial charge in [0.25, 0.3) is 5.91 Å². The number of amides is 1. The van der Waals surface area contributed by atoms with Crippen molar-refractivity contribution >= 4 is 32.6 Å². The highest BCUT2D eigenvalue weighted by molar-refractivity contribution is 9.10. The Kier molecular flexibility index (Phi) is 5.56. The van der Waals surface area contributed by atoms with Crippen molar-refractivity contribution in [3.63, 3.8) is 0 Å². The van der Waals surface area contributed by atoms with Crippen molar-refractivity contribution in [2.75, 3.05) is 13.7 Å². The van der Waals surface area contributed by atoms with Crippen molar-refractivity contribution in [3.05, 3.63) is 70.7 Å². The molecule has 0 aliphatic rings. The van der Waals surface area contributed by atoms with Crippen LogP contribution in [0.1, 0.15) is 5.56 Å². The van der Waals surface area contributed by atoms with Crippen molar-refractivity contribution < 1.29 is 14.3 Å². The van der Waals surface area contributed by atoms with E-state index in [4.69, 9.17) is 9.47 Å². The van der Waals surface area contributed by atoms with Gasteiger partial charge < -0.3 is 14.8 Å². The summed E-state index contributed by atoms with van der Waals surface area (Å²) in [7, 11) is 1.62. The second-order valence-corrected chi connectivity index (χ2v) is 6.31. The summed E-state index contributed by atoms with van der Waals surface area (Å²) in [5, 5.41) is 5.01. The molecule has 0 fully saturated rings. The van der Waals surface area contributed by atoms with Crippen LogP contribution in [0, 0.1) is 0 Å². The predicted octanol–water partition coefficient (Wildman–Crippen LogP) is 4.31. The van der Waals surface area contributed by atoms with Gasteiger partial charge in [0.1, 0.15) is 11.5 Å². The van der Waals surface area contributed by atoms with Crippen LogP contribution in [0.15, 0.2) is 65.1 Å². The van der Waals surface area contributed by atoms with Gasteiger partial charge in [-0.25, -0.2) is 0 Å². The molecule has 3 rings (SSSR count). The molecule has 0 aliphatic heterocycles. The molecule has 0 bridgehead atoms. The van der Waals surface area contributed by atoms with E-state index in [1.54, 1.807) is 7.11 Å². The average Bonchev–Trinajstić information content (AvgIpc) is 2.66. The van der Waals surface area contributed by atoms with Gasteiger partial charge >= 0.3 is 0 Å². The average molecular weight is 400 g/mol. The van der Waals surface area contributed by atoms with E-state index < -0.39 is 0 Å². The first-order chi connectivity index (χ1) is 12.2. The fraction of sp³-hybridized carbons (Fsp3) is 0.150. The molecule has 25 heavy (non-hydrogen) atoms. The van der Waals surface area contributed by atoms with E-state index in [1.807, 2.05) is 60.7 Å². The third kappa shape index (κ3) is 4.31. The second-order valence-electron chi connectivity index (χ2n) is 5.52. The number of ether oxygens (including phenoxy) is 2. The first-order valence-corrected chi connectivity index (χ1v) is 8.66. The van der Waals surface area contributed by atoms with Gasteiger partial charge in [0.05, 0.1) is 11.6 Å². The molecule has 4 nitrogen and oxygen atoms in total. The molecule has 0 aliphatic carbocycles. The lowest BCUT2D eigenvalue weighted by Gasteiger charge is -2.11. The summed E-state index contributed by atoms with van der Waals surface area (Å²) in [5.41, 5.74) is 0.972. The van der Waals surface area contributed by atoms with Crippen LogP contribution >= 0.6 is 15.9 Å². The molecule has 0 saturated carbocycles.